The van der Waals surface area contributed by atoms with Crippen LogP contribution in [0.3, 0.4) is 0 Å². The van der Waals surface area contributed by atoms with Crippen LogP contribution in [0.15, 0.2) is 17.1 Å². The molecule has 3 heterocycles. The van der Waals surface area contributed by atoms with Crippen molar-refractivity contribution in [2.45, 2.75) is 64.3 Å². The van der Waals surface area contributed by atoms with Gasteiger partial charge in [-0.2, -0.15) is 5.10 Å². The number of carbonyl (C=O) groups is 2. The molecular weight excluding hydrogens is 370 g/mol. The van der Waals surface area contributed by atoms with E-state index >= 15 is 0 Å². The van der Waals surface area contributed by atoms with Gasteiger partial charge in [0.25, 0.3) is 11.5 Å². The van der Waals surface area contributed by atoms with Crippen LogP contribution in [0.25, 0.3) is 5.52 Å². The molecule has 0 aromatic carbocycles. The van der Waals surface area contributed by atoms with Crippen LogP contribution in [0.1, 0.15) is 67.5 Å². The predicted molar refractivity (Wildman–Crippen MR) is 109 cm³/mol. The smallest absolute Gasteiger partial charge is 0.274 e. The predicted octanol–water partition coefficient (Wildman–Crippen LogP) is 2.02. The van der Waals surface area contributed by atoms with Gasteiger partial charge in [0.15, 0.2) is 5.69 Å². The van der Waals surface area contributed by atoms with Crippen molar-refractivity contribution >= 4 is 17.3 Å². The lowest BCUT2D eigenvalue weighted by atomic mass is 9.95. The van der Waals surface area contributed by atoms with Crippen LogP contribution in [-0.2, 0) is 4.79 Å². The number of amides is 2. The number of piperidine rings is 1. The van der Waals surface area contributed by atoms with E-state index in [1.165, 1.54) is 36.3 Å². The van der Waals surface area contributed by atoms with Gasteiger partial charge in [0, 0.05) is 43.0 Å². The molecule has 0 atom stereocenters. The molecule has 2 amide bonds. The molecule has 1 aliphatic carbocycles. The summed E-state index contributed by atoms with van der Waals surface area (Å²) in [6, 6.07) is 1.84. The van der Waals surface area contributed by atoms with Crippen LogP contribution in [-0.4, -0.2) is 50.4 Å². The van der Waals surface area contributed by atoms with Gasteiger partial charge in [-0.3, -0.25) is 14.4 Å². The lowest BCUT2D eigenvalue weighted by Gasteiger charge is -2.31. The number of hydrogen-bond acceptors (Lipinski definition) is 4. The summed E-state index contributed by atoms with van der Waals surface area (Å²) in [4.78, 5) is 42.0. The molecule has 0 unspecified atom stereocenters. The van der Waals surface area contributed by atoms with Crippen LogP contribution in [0, 0.1) is 12.8 Å². The number of likely N-dealkylation sites (tertiary alicyclic amines) is 1. The second-order valence-corrected chi connectivity index (χ2v) is 8.39. The molecule has 0 radical (unpaired) electrons. The number of fused-ring (bicyclic) bond motifs is 1. The molecule has 2 aromatic rings. The first-order valence-electron chi connectivity index (χ1n) is 10.7. The Labute approximate surface area is 169 Å². The van der Waals surface area contributed by atoms with Crippen molar-refractivity contribution in [2.75, 3.05) is 13.1 Å². The van der Waals surface area contributed by atoms with E-state index < -0.39 is 0 Å². The normalized spacial score (nSPS) is 19.3. The van der Waals surface area contributed by atoms with Crippen molar-refractivity contribution in [3.8, 4) is 0 Å². The van der Waals surface area contributed by atoms with E-state index in [9.17, 15) is 14.4 Å². The van der Waals surface area contributed by atoms with Crippen LogP contribution in [0.5, 0.6) is 0 Å². The third-order valence-electron chi connectivity index (χ3n) is 6.17. The van der Waals surface area contributed by atoms with E-state index in [4.69, 9.17) is 0 Å². The first-order chi connectivity index (χ1) is 14.0. The van der Waals surface area contributed by atoms with E-state index in [1.807, 2.05) is 0 Å². The highest BCUT2D eigenvalue weighted by atomic mass is 16.2. The summed E-state index contributed by atoms with van der Waals surface area (Å²) in [5.41, 5.74) is 1.05. The Balaban J connectivity index is 1.35. The second-order valence-electron chi connectivity index (χ2n) is 8.39. The summed E-state index contributed by atoms with van der Waals surface area (Å²) in [5, 5.41) is 7.51. The third kappa shape index (κ3) is 4.36. The van der Waals surface area contributed by atoms with Gasteiger partial charge in [-0.05, 0) is 32.6 Å². The third-order valence-corrected chi connectivity index (χ3v) is 6.17. The monoisotopic (exact) mass is 399 g/mol. The molecule has 0 spiro atoms. The average Bonchev–Trinajstić information content (AvgIpc) is 2.97. The maximum Gasteiger partial charge on any atom is 0.274 e. The minimum Gasteiger partial charge on any atom is -0.353 e. The SMILES string of the molecule is Cc1cn2nc(C(=O)N3CCC(C(=O)NC4CCCCCC4)CC3)cc2c(=O)[nH]1. The van der Waals surface area contributed by atoms with Crippen LogP contribution >= 0.6 is 0 Å². The summed E-state index contributed by atoms with van der Waals surface area (Å²) in [5.74, 6) is -0.0824. The highest BCUT2D eigenvalue weighted by Crippen LogP contribution is 2.22. The lowest BCUT2D eigenvalue weighted by Crippen LogP contribution is -2.45. The molecule has 4 rings (SSSR count). The second kappa shape index (κ2) is 8.39. The molecule has 29 heavy (non-hydrogen) atoms. The van der Waals surface area contributed by atoms with Gasteiger partial charge in [-0.25, -0.2) is 4.52 Å². The maximum absolute atomic E-state index is 12.8. The summed E-state index contributed by atoms with van der Waals surface area (Å²) < 4.78 is 1.45. The van der Waals surface area contributed by atoms with Crippen molar-refractivity contribution < 1.29 is 9.59 Å². The molecule has 1 saturated heterocycles. The summed E-state index contributed by atoms with van der Waals surface area (Å²) in [6.07, 6.45) is 10.1. The molecule has 8 nitrogen and oxygen atoms in total. The minimum absolute atomic E-state index is 0.0335. The molecular formula is C21H29N5O3. The van der Waals surface area contributed by atoms with E-state index in [-0.39, 0.29) is 29.0 Å². The van der Waals surface area contributed by atoms with Crippen LogP contribution < -0.4 is 10.9 Å². The number of H-pyrrole nitrogens is 1. The number of carbonyl (C=O) groups excluding carboxylic acids is 2. The van der Waals surface area contributed by atoms with Crippen molar-refractivity contribution in [3.05, 3.63) is 34.0 Å². The van der Waals surface area contributed by atoms with Gasteiger partial charge in [-0.15, -0.1) is 0 Å². The highest BCUT2D eigenvalue weighted by Gasteiger charge is 2.30. The zero-order valence-corrected chi connectivity index (χ0v) is 16.9. The van der Waals surface area contributed by atoms with Gasteiger partial charge in [0.1, 0.15) is 5.52 Å². The number of hydrogen-bond donors (Lipinski definition) is 2. The van der Waals surface area contributed by atoms with E-state index in [0.29, 0.717) is 43.2 Å². The Bertz CT molecular complexity index is 947. The molecule has 8 heteroatoms. The van der Waals surface area contributed by atoms with Crippen molar-refractivity contribution in [3.63, 3.8) is 0 Å². The Hall–Kier alpha value is -2.64. The first kappa shape index (κ1) is 19.7. The van der Waals surface area contributed by atoms with Crippen LogP contribution in [0.2, 0.25) is 0 Å². The summed E-state index contributed by atoms with van der Waals surface area (Å²) >= 11 is 0. The van der Waals surface area contributed by atoms with E-state index in [0.717, 1.165) is 12.8 Å². The number of nitrogens with zero attached hydrogens (tertiary/aromatic N) is 3. The Kier molecular flexibility index (Phi) is 5.69. The van der Waals surface area contributed by atoms with Crippen LogP contribution in [0.4, 0.5) is 0 Å². The van der Waals surface area contributed by atoms with E-state index in [1.54, 1.807) is 18.0 Å². The Morgan fingerprint density at radius 1 is 1.10 bits per heavy atom. The Morgan fingerprint density at radius 2 is 1.79 bits per heavy atom. The van der Waals surface area contributed by atoms with Gasteiger partial charge in [0.2, 0.25) is 5.91 Å². The fourth-order valence-electron chi connectivity index (χ4n) is 4.48. The maximum atomic E-state index is 12.8. The average molecular weight is 399 g/mol. The number of aromatic nitrogens is 3. The number of rotatable bonds is 3. The largest absolute Gasteiger partial charge is 0.353 e. The zero-order chi connectivity index (χ0) is 20.4. The molecule has 1 saturated carbocycles. The van der Waals surface area contributed by atoms with Gasteiger partial charge < -0.3 is 15.2 Å². The summed E-state index contributed by atoms with van der Waals surface area (Å²) in [7, 11) is 0. The Morgan fingerprint density at radius 3 is 2.48 bits per heavy atom. The molecule has 2 aromatic heterocycles. The van der Waals surface area contributed by atoms with E-state index in [2.05, 4.69) is 15.4 Å². The van der Waals surface area contributed by atoms with Crippen molar-refractivity contribution in [1.82, 2.24) is 24.8 Å². The lowest BCUT2D eigenvalue weighted by molar-refractivity contribution is -0.127. The molecule has 2 N–H and O–H groups in total. The topological polar surface area (TPSA) is 99.6 Å². The van der Waals surface area contributed by atoms with Gasteiger partial charge >= 0.3 is 0 Å². The molecule has 1 aliphatic heterocycles. The number of nitrogens with one attached hydrogen (secondary N) is 2. The first-order valence-corrected chi connectivity index (χ1v) is 10.7. The highest BCUT2D eigenvalue weighted by molar-refractivity contribution is 5.93. The molecule has 2 aliphatic rings. The molecule has 2 fully saturated rings. The fourth-order valence-corrected chi connectivity index (χ4v) is 4.48. The minimum atomic E-state index is -0.259. The zero-order valence-electron chi connectivity index (χ0n) is 16.9. The summed E-state index contributed by atoms with van der Waals surface area (Å²) in [6.45, 7) is 2.84. The van der Waals surface area contributed by atoms with Crippen molar-refractivity contribution in [2.24, 2.45) is 5.92 Å². The molecule has 0 bridgehead atoms. The van der Waals surface area contributed by atoms with Gasteiger partial charge in [0.05, 0.1) is 0 Å². The van der Waals surface area contributed by atoms with Gasteiger partial charge in [-0.1, -0.05) is 25.7 Å². The quantitative estimate of drug-likeness (QED) is 0.771. The fraction of sp³-hybridized carbons (Fsp3) is 0.619. The van der Waals surface area contributed by atoms with Crippen molar-refractivity contribution in [1.29, 1.82) is 0 Å². The number of aryl methyl sites for hydroxylation is 1. The standard InChI is InChI=1S/C21H29N5O3/c1-14-13-26-18(20(28)22-14)12-17(24-26)21(29)25-10-8-15(9-11-25)19(27)23-16-6-4-2-3-5-7-16/h12-13,15-16H,2-11H2,1H3,(H,22,28)(H,23,27). The number of aromatic amines is 1. The molecule has 156 valence electrons.